The molecule has 16 heavy (non-hydrogen) atoms. The van der Waals surface area contributed by atoms with Gasteiger partial charge in [0.15, 0.2) is 0 Å². The van der Waals surface area contributed by atoms with Crippen LogP contribution in [-0.2, 0) is 12.2 Å². The van der Waals surface area contributed by atoms with Gasteiger partial charge in [-0.2, -0.15) is 0 Å². The van der Waals surface area contributed by atoms with Crippen molar-refractivity contribution in [2.24, 2.45) is 0 Å². The number of benzene rings is 2. The summed E-state index contributed by atoms with van der Waals surface area (Å²) < 4.78 is 5.64. The zero-order chi connectivity index (χ0) is 11.0. The minimum Gasteiger partial charge on any atom is -0.458 e. The molecule has 1 N–H and O–H groups in total. The first kappa shape index (κ1) is 9.43. The molecule has 2 heteroatoms. The number of ether oxygens (including phenoxy) is 1. The van der Waals surface area contributed by atoms with E-state index in [1.165, 1.54) is 0 Å². The largest absolute Gasteiger partial charge is 0.458 e. The number of para-hydroxylation sites is 1. The molecule has 0 aliphatic carbocycles. The summed E-state index contributed by atoms with van der Waals surface area (Å²) in [6, 6.07) is 17.2. The lowest BCUT2D eigenvalue weighted by Gasteiger charge is -2.22. The molecular formula is C14H12O2. The maximum absolute atomic E-state index is 10.5. The van der Waals surface area contributed by atoms with Crippen molar-refractivity contribution in [2.45, 2.75) is 12.2 Å². The molecule has 0 fully saturated rings. The van der Waals surface area contributed by atoms with E-state index in [-0.39, 0.29) is 0 Å². The van der Waals surface area contributed by atoms with Gasteiger partial charge in [-0.05, 0) is 6.07 Å². The fourth-order valence-electron chi connectivity index (χ4n) is 2.09. The zero-order valence-corrected chi connectivity index (χ0v) is 8.76. The van der Waals surface area contributed by atoms with E-state index in [1.807, 2.05) is 54.6 Å². The average molecular weight is 212 g/mol. The smallest absolute Gasteiger partial charge is 0.239 e. The van der Waals surface area contributed by atoms with Crippen molar-refractivity contribution in [1.82, 2.24) is 0 Å². The highest BCUT2D eigenvalue weighted by Crippen LogP contribution is 2.39. The molecule has 1 atom stereocenters. The Labute approximate surface area is 94.1 Å². The first-order valence-corrected chi connectivity index (χ1v) is 5.33. The van der Waals surface area contributed by atoms with E-state index in [0.717, 1.165) is 16.9 Å². The van der Waals surface area contributed by atoms with Crippen LogP contribution in [0.5, 0.6) is 5.75 Å². The van der Waals surface area contributed by atoms with Crippen LogP contribution in [0.1, 0.15) is 11.1 Å². The summed E-state index contributed by atoms with van der Waals surface area (Å²) >= 11 is 0. The lowest BCUT2D eigenvalue weighted by molar-refractivity contribution is -0.128. The molecule has 1 heterocycles. The Bertz CT molecular complexity index is 480. The highest BCUT2D eigenvalue weighted by atomic mass is 16.6. The summed E-state index contributed by atoms with van der Waals surface area (Å²) in [7, 11) is 0. The Balaban J connectivity index is 2.01. The first-order valence-electron chi connectivity index (χ1n) is 5.33. The monoisotopic (exact) mass is 212 g/mol. The third-order valence-electron chi connectivity index (χ3n) is 2.91. The van der Waals surface area contributed by atoms with Gasteiger partial charge in [0, 0.05) is 17.5 Å². The van der Waals surface area contributed by atoms with Crippen LogP contribution in [0.15, 0.2) is 54.6 Å². The van der Waals surface area contributed by atoms with E-state index in [9.17, 15) is 5.11 Å². The van der Waals surface area contributed by atoms with Gasteiger partial charge in [0.05, 0.1) is 0 Å². The summed E-state index contributed by atoms with van der Waals surface area (Å²) in [5, 5.41) is 10.5. The quantitative estimate of drug-likeness (QED) is 0.786. The summed E-state index contributed by atoms with van der Waals surface area (Å²) in [5.41, 5.74) is 1.85. The predicted molar refractivity (Wildman–Crippen MR) is 61.1 cm³/mol. The molecule has 2 nitrogen and oxygen atoms in total. The van der Waals surface area contributed by atoms with Crippen molar-refractivity contribution in [3.8, 4) is 5.75 Å². The predicted octanol–water partition coefficient (Wildman–Crippen LogP) is 2.47. The summed E-state index contributed by atoms with van der Waals surface area (Å²) in [4.78, 5) is 0. The molecule has 2 aromatic rings. The highest BCUT2D eigenvalue weighted by Gasteiger charge is 2.38. The first-order chi connectivity index (χ1) is 7.78. The highest BCUT2D eigenvalue weighted by molar-refractivity contribution is 5.40. The van der Waals surface area contributed by atoms with Crippen LogP contribution in [0, 0.1) is 0 Å². The van der Waals surface area contributed by atoms with Crippen molar-refractivity contribution >= 4 is 0 Å². The Morgan fingerprint density at radius 3 is 2.38 bits per heavy atom. The normalized spacial score (nSPS) is 22.6. The second kappa shape index (κ2) is 3.35. The van der Waals surface area contributed by atoms with Crippen molar-refractivity contribution in [2.75, 3.05) is 0 Å². The van der Waals surface area contributed by atoms with Gasteiger partial charge in [-0.25, -0.2) is 0 Å². The Kier molecular flexibility index (Phi) is 1.98. The van der Waals surface area contributed by atoms with Gasteiger partial charge in [0.1, 0.15) is 5.75 Å². The lowest BCUT2D eigenvalue weighted by Crippen LogP contribution is -2.30. The van der Waals surface area contributed by atoms with Gasteiger partial charge in [-0.3, -0.25) is 0 Å². The molecule has 2 aromatic carbocycles. The van der Waals surface area contributed by atoms with Gasteiger partial charge in [-0.1, -0.05) is 48.5 Å². The lowest BCUT2D eigenvalue weighted by atomic mass is 10.0. The molecule has 1 aliphatic heterocycles. The number of fused-ring (bicyclic) bond motifs is 1. The van der Waals surface area contributed by atoms with Crippen LogP contribution in [0.2, 0.25) is 0 Å². The van der Waals surface area contributed by atoms with Gasteiger partial charge in [-0.15, -0.1) is 0 Å². The number of rotatable bonds is 1. The molecule has 0 radical (unpaired) electrons. The standard InChI is InChI=1S/C14H12O2/c15-14(12-7-2-1-3-8-12)10-11-6-4-5-9-13(11)16-14/h1-9,15H,10H2. The van der Waals surface area contributed by atoms with E-state index >= 15 is 0 Å². The number of hydrogen-bond donors (Lipinski definition) is 1. The SMILES string of the molecule is OC1(c2ccccc2)Cc2ccccc2O1. The maximum atomic E-state index is 10.5. The van der Waals surface area contributed by atoms with E-state index < -0.39 is 5.79 Å². The molecule has 0 aromatic heterocycles. The van der Waals surface area contributed by atoms with Crippen molar-refractivity contribution < 1.29 is 9.84 Å². The van der Waals surface area contributed by atoms with E-state index in [0.29, 0.717) is 6.42 Å². The molecule has 1 unspecified atom stereocenters. The molecular weight excluding hydrogens is 200 g/mol. The Morgan fingerprint density at radius 1 is 0.938 bits per heavy atom. The fraction of sp³-hybridized carbons (Fsp3) is 0.143. The maximum Gasteiger partial charge on any atom is 0.239 e. The topological polar surface area (TPSA) is 29.5 Å². The van der Waals surface area contributed by atoms with Crippen molar-refractivity contribution in [3.05, 3.63) is 65.7 Å². The fourth-order valence-corrected chi connectivity index (χ4v) is 2.09. The van der Waals surface area contributed by atoms with Gasteiger partial charge in [0.25, 0.3) is 0 Å². The summed E-state index contributed by atoms with van der Waals surface area (Å²) in [6.07, 6.45) is 0.507. The summed E-state index contributed by atoms with van der Waals surface area (Å²) in [6.45, 7) is 0. The Morgan fingerprint density at radius 2 is 1.62 bits per heavy atom. The summed E-state index contributed by atoms with van der Waals surface area (Å²) in [5.74, 6) is -0.431. The molecule has 0 spiro atoms. The van der Waals surface area contributed by atoms with Crippen LogP contribution in [-0.4, -0.2) is 5.11 Å². The van der Waals surface area contributed by atoms with Crippen LogP contribution >= 0.6 is 0 Å². The number of hydrogen-bond acceptors (Lipinski definition) is 2. The molecule has 3 rings (SSSR count). The van der Waals surface area contributed by atoms with Crippen molar-refractivity contribution in [3.63, 3.8) is 0 Å². The van der Waals surface area contributed by atoms with Crippen LogP contribution in [0.3, 0.4) is 0 Å². The molecule has 0 amide bonds. The molecule has 0 saturated carbocycles. The van der Waals surface area contributed by atoms with Gasteiger partial charge in [0.2, 0.25) is 5.79 Å². The molecule has 80 valence electrons. The molecule has 1 aliphatic rings. The van der Waals surface area contributed by atoms with E-state index in [1.54, 1.807) is 0 Å². The van der Waals surface area contributed by atoms with Gasteiger partial charge >= 0.3 is 0 Å². The second-order valence-electron chi connectivity index (χ2n) is 4.04. The third-order valence-corrected chi connectivity index (χ3v) is 2.91. The minimum absolute atomic E-state index is 0.507. The van der Waals surface area contributed by atoms with E-state index in [4.69, 9.17) is 4.74 Å². The molecule has 0 bridgehead atoms. The van der Waals surface area contributed by atoms with Crippen LogP contribution in [0.25, 0.3) is 0 Å². The minimum atomic E-state index is -1.20. The van der Waals surface area contributed by atoms with Crippen LogP contribution in [0.4, 0.5) is 0 Å². The average Bonchev–Trinajstić information content (AvgIpc) is 2.68. The zero-order valence-electron chi connectivity index (χ0n) is 8.76. The second-order valence-corrected chi connectivity index (χ2v) is 4.04. The van der Waals surface area contributed by atoms with Crippen LogP contribution < -0.4 is 4.74 Å². The third kappa shape index (κ3) is 1.39. The number of aliphatic hydroxyl groups is 1. The molecule has 0 saturated heterocycles. The Hall–Kier alpha value is -1.80. The van der Waals surface area contributed by atoms with E-state index in [2.05, 4.69) is 0 Å². The van der Waals surface area contributed by atoms with Gasteiger partial charge < -0.3 is 9.84 Å². The van der Waals surface area contributed by atoms with Crippen molar-refractivity contribution in [1.29, 1.82) is 0 Å².